The Morgan fingerprint density at radius 1 is 1.18 bits per heavy atom. The number of unbranched alkanes of at least 4 members (excludes halogenated alkanes) is 1. The highest BCUT2D eigenvalue weighted by molar-refractivity contribution is 6.31. The molecule has 0 spiro atoms. The number of nitrogens with zero attached hydrogens (tertiary/aromatic N) is 2. The molecule has 2 N–H and O–H groups in total. The number of carbonyl (C=O) groups excluding carboxylic acids is 3. The lowest BCUT2D eigenvalue weighted by Gasteiger charge is -2.35. The third-order valence-corrected chi connectivity index (χ3v) is 7.18. The van der Waals surface area contributed by atoms with Gasteiger partial charge < -0.3 is 24.7 Å². The zero-order chi connectivity index (χ0) is 27.1. The smallest absolute Gasteiger partial charge is 0.410 e. The van der Waals surface area contributed by atoms with Crippen LogP contribution >= 0.6 is 11.6 Å². The summed E-state index contributed by atoms with van der Waals surface area (Å²) >= 11 is 6.28. The molecular weight excluding hydrogens is 504 g/mol. The predicted octanol–water partition coefficient (Wildman–Crippen LogP) is 4.96. The molecule has 0 saturated carbocycles. The Balaban J connectivity index is 1.47. The highest BCUT2D eigenvalue weighted by Crippen LogP contribution is 2.39. The van der Waals surface area contributed by atoms with Crippen molar-refractivity contribution in [3.8, 4) is 0 Å². The number of nitrogens with one attached hydrogen (secondary N) is 2. The van der Waals surface area contributed by atoms with Gasteiger partial charge in [-0.2, -0.15) is 0 Å². The molecule has 0 radical (unpaired) electrons. The van der Waals surface area contributed by atoms with Crippen LogP contribution in [0.5, 0.6) is 0 Å². The fourth-order valence-electron chi connectivity index (χ4n) is 5.04. The Morgan fingerprint density at radius 3 is 2.68 bits per heavy atom. The fraction of sp³-hybridized carbons (Fsp3) is 0.414. The van der Waals surface area contributed by atoms with Crippen molar-refractivity contribution in [2.75, 3.05) is 39.8 Å². The number of hydrogen-bond donors (Lipinski definition) is 2. The molecule has 38 heavy (non-hydrogen) atoms. The Bertz CT molecular complexity index is 1270. The van der Waals surface area contributed by atoms with Gasteiger partial charge in [-0.05, 0) is 87.8 Å². The summed E-state index contributed by atoms with van der Waals surface area (Å²) in [6.07, 6.45) is 3.52. The van der Waals surface area contributed by atoms with E-state index in [2.05, 4.69) is 15.2 Å². The second-order valence-electron chi connectivity index (χ2n) is 9.60. The molecule has 1 aliphatic rings. The number of aromatic nitrogens is 1. The summed E-state index contributed by atoms with van der Waals surface area (Å²) in [4.78, 5) is 43.5. The summed E-state index contributed by atoms with van der Waals surface area (Å²) in [5, 5.41) is 4.71. The topological polar surface area (TPSA) is 94.7 Å². The third kappa shape index (κ3) is 6.37. The Morgan fingerprint density at radius 2 is 1.95 bits per heavy atom. The van der Waals surface area contributed by atoms with Crippen molar-refractivity contribution >= 4 is 40.8 Å². The molecule has 0 saturated heterocycles. The number of aromatic amines is 1. The zero-order valence-electron chi connectivity index (χ0n) is 22.0. The van der Waals surface area contributed by atoms with Crippen LogP contribution in [0.1, 0.15) is 59.4 Å². The molecule has 0 fully saturated rings. The monoisotopic (exact) mass is 538 g/mol. The van der Waals surface area contributed by atoms with Crippen molar-refractivity contribution < 1.29 is 19.1 Å². The van der Waals surface area contributed by atoms with Gasteiger partial charge in [0.1, 0.15) is 12.3 Å². The standard InChI is InChI=1S/C29H35ClN4O4/c1-3-38-29(37)34-17-13-23-24-19-22(30)11-12-25(24)32-26(23)27(34)20-7-9-21(10-8-20)28(36)31-14-6-16-33(2)15-4-5-18-35/h7-12,18-19,27,32H,3-6,13-17H2,1-2H3,(H,31,36). The third-order valence-electron chi connectivity index (χ3n) is 6.94. The molecule has 1 aliphatic heterocycles. The van der Waals surface area contributed by atoms with Gasteiger partial charge in [-0.15, -0.1) is 0 Å². The average molecular weight is 539 g/mol. The summed E-state index contributed by atoms with van der Waals surface area (Å²) in [5.41, 5.74) is 4.52. The molecule has 0 aliphatic carbocycles. The lowest BCUT2D eigenvalue weighted by Crippen LogP contribution is -2.41. The quantitative estimate of drug-likeness (QED) is 0.266. The van der Waals surface area contributed by atoms with Gasteiger partial charge in [-0.25, -0.2) is 4.79 Å². The second kappa shape index (κ2) is 12.9. The van der Waals surface area contributed by atoms with Gasteiger partial charge in [0.05, 0.1) is 6.61 Å². The molecule has 8 nitrogen and oxygen atoms in total. The first-order valence-electron chi connectivity index (χ1n) is 13.2. The number of H-pyrrole nitrogens is 1. The molecule has 2 amide bonds. The molecular formula is C29H35ClN4O4. The normalized spacial score (nSPS) is 14.9. The van der Waals surface area contributed by atoms with E-state index in [1.54, 1.807) is 24.0 Å². The van der Waals surface area contributed by atoms with Crippen molar-refractivity contribution in [3.05, 3.63) is 69.9 Å². The minimum absolute atomic E-state index is 0.132. The van der Waals surface area contributed by atoms with Crippen LogP contribution in [0.4, 0.5) is 4.79 Å². The molecule has 4 rings (SSSR count). The second-order valence-corrected chi connectivity index (χ2v) is 10.0. The number of halogens is 1. The van der Waals surface area contributed by atoms with E-state index in [4.69, 9.17) is 16.3 Å². The highest BCUT2D eigenvalue weighted by Gasteiger charge is 2.35. The lowest BCUT2D eigenvalue weighted by molar-refractivity contribution is -0.108. The average Bonchev–Trinajstić information content (AvgIpc) is 3.28. The number of rotatable bonds is 11. The van der Waals surface area contributed by atoms with Gasteiger partial charge >= 0.3 is 6.09 Å². The largest absolute Gasteiger partial charge is 0.450 e. The zero-order valence-corrected chi connectivity index (χ0v) is 22.7. The SMILES string of the molecule is CCOC(=O)N1CCc2c([nH]c3ccc(Cl)cc23)C1c1ccc(C(=O)NCCCN(C)CCCC=O)cc1. The van der Waals surface area contributed by atoms with Crippen molar-refractivity contribution in [3.63, 3.8) is 0 Å². The van der Waals surface area contributed by atoms with E-state index in [1.165, 1.54) is 0 Å². The van der Waals surface area contributed by atoms with Gasteiger partial charge in [0, 0.05) is 46.7 Å². The summed E-state index contributed by atoms with van der Waals surface area (Å²) < 4.78 is 5.37. The molecule has 2 aromatic carbocycles. The first kappa shape index (κ1) is 27.7. The van der Waals surface area contributed by atoms with Gasteiger partial charge in [0.15, 0.2) is 0 Å². The molecule has 9 heteroatoms. The van der Waals surface area contributed by atoms with Gasteiger partial charge in [-0.1, -0.05) is 23.7 Å². The number of benzene rings is 2. The van der Waals surface area contributed by atoms with Crippen molar-refractivity contribution in [2.24, 2.45) is 0 Å². The van der Waals surface area contributed by atoms with Crippen LogP contribution in [-0.4, -0.2) is 72.9 Å². The number of ether oxygens (including phenoxy) is 1. The Hall–Kier alpha value is -3.36. The number of carbonyl (C=O) groups is 3. The van der Waals surface area contributed by atoms with E-state index in [9.17, 15) is 14.4 Å². The van der Waals surface area contributed by atoms with E-state index < -0.39 is 0 Å². The summed E-state index contributed by atoms with van der Waals surface area (Å²) in [6, 6.07) is 12.8. The molecule has 1 atom stereocenters. The first-order chi connectivity index (χ1) is 18.4. The molecule has 202 valence electrons. The number of aldehydes is 1. The van der Waals surface area contributed by atoms with Crippen LogP contribution in [0.15, 0.2) is 42.5 Å². The van der Waals surface area contributed by atoms with E-state index in [1.807, 2.05) is 37.4 Å². The number of fused-ring (bicyclic) bond motifs is 3. The highest BCUT2D eigenvalue weighted by atomic mass is 35.5. The maximum absolute atomic E-state index is 12.9. The Kier molecular flexibility index (Phi) is 9.42. The van der Waals surface area contributed by atoms with E-state index >= 15 is 0 Å². The van der Waals surface area contributed by atoms with Crippen molar-refractivity contribution in [2.45, 2.75) is 38.6 Å². The van der Waals surface area contributed by atoms with Crippen LogP contribution in [0, 0.1) is 0 Å². The predicted molar refractivity (Wildman–Crippen MR) is 149 cm³/mol. The van der Waals surface area contributed by atoms with Crippen LogP contribution in [0.25, 0.3) is 10.9 Å². The molecule has 2 heterocycles. The molecule has 1 unspecified atom stereocenters. The minimum Gasteiger partial charge on any atom is -0.450 e. The van der Waals surface area contributed by atoms with Gasteiger partial charge in [-0.3, -0.25) is 9.69 Å². The maximum atomic E-state index is 12.9. The molecule has 3 aromatic rings. The molecule has 0 bridgehead atoms. The van der Waals surface area contributed by atoms with Crippen LogP contribution in [0.3, 0.4) is 0 Å². The lowest BCUT2D eigenvalue weighted by atomic mass is 9.92. The van der Waals surface area contributed by atoms with Crippen LogP contribution < -0.4 is 5.32 Å². The summed E-state index contributed by atoms with van der Waals surface area (Å²) in [5.74, 6) is -0.132. The van der Waals surface area contributed by atoms with Crippen molar-refractivity contribution in [1.82, 2.24) is 20.1 Å². The number of hydrogen-bond acceptors (Lipinski definition) is 5. The molecule has 1 aromatic heterocycles. The van der Waals surface area contributed by atoms with Gasteiger partial charge in [0.2, 0.25) is 0 Å². The minimum atomic E-state index is -0.365. The van der Waals surface area contributed by atoms with Crippen molar-refractivity contribution in [1.29, 1.82) is 0 Å². The fourth-order valence-corrected chi connectivity index (χ4v) is 5.21. The summed E-state index contributed by atoms with van der Waals surface area (Å²) in [7, 11) is 2.02. The summed E-state index contributed by atoms with van der Waals surface area (Å²) in [6.45, 7) is 4.89. The van der Waals surface area contributed by atoms with Crippen LogP contribution in [0.2, 0.25) is 5.02 Å². The van der Waals surface area contributed by atoms with Crippen LogP contribution in [-0.2, 0) is 16.0 Å². The number of amides is 2. The Labute approximate surface area is 228 Å². The van der Waals surface area contributed by atoms with E-state index in [0.717, 1.165) is 59.9 Å². The maximum Gasteiger partial charge on any atom is 0.410 e. The van der Waals surface area contributed by atoms with E-state index in [-0.39, 0.29) is 18.0 Å². The van der Waals surface area contributed by atoms with Gasteiger partial charge in [0.25, 0.3) is 5.91 Å². The first-order valence-corrected chi connectivity index (χ1v) is 13.5. The van der Waals surface area contributed by atoms with E-state index in [0.29, 0.717) is 43.1 Å².